The van der Waals surface area contributed by atoms with Gasteiger partial charge in [0, 0.05) is 11.9 Å². The number of nitrogens with two attached hydrogens (primary N) is 1. The molecule has 2 rings (SSSR count). The lowest BCUT2D eigenvalue weighted by atomic mass is 10.0. The van der Waals surface area contributed by atoms with E-state index in [4.69, 9.17) is 15.2 Å². The van der Waals surface area contributed by atoms with Crippen molar-refractivity contribution >= 4 is 10.8 Å². The zero-order valence-corrected chi connectivity index (χ0v) is 9.79. The molecule has 0 radical (unpaired) electrons. The van der Waals surface area contributed by atoms with Crippen molar-refractivity contribution in [2.75, 3.05) is 14.2 Å². The molecule has 0 bridgehead atoms. The summed E-state index contributed by atoms with van der Waals surface area (Å²) in [6.45, 7) is 0.367. The van der Waals surface area contributed by atoms with Crippen molar-refractivity contribution in [1.29, 1.82) is 0 Å². The van der Waals surface area contributed by atoms with E-state index in [1.165, 1.54) is 13.2 Å². The SMILES string of the molecule is COc1ccc(F)c2c(OC)cc(CN)cc12. The summed E-state index contributed by atoms with van der Waals surface area (Å²) in [5.74, 6) is 0.746. The summed E-state index contributed by atoms with van der Waals surface area (Å²) in [5.41, 5.74) is 6.48. The van der Waals surface area contributed by atoms with Gasteiger partial charge in [-0.1, -0.05) is 0 Å². The van der Waals surface area contributed by atoms with E-state index in [2.05, 4.69) is 0 Å². The minimum absolute atomic E-state index is 0.332. The van der Waals surface area contributed by atoms with Crippen molar-refractivity contribution < 1.29 is 13.9 Å². The number of hydrogen-bond donors (Lipinski definition) is 1. The zero-order chi connectivity index (χ0) is 12.4. The number of hydrogen-bond acceptors (Lipinski definition) is 3. The Morgan fingerprint density at radius 1 is 1.12 bits per heavy atom. The van der Waals surface area contributed by atoms with E-state index < -0.39 is 0 Å². The fraction of sp³-hybridized carbons (Fsp3) is 0.231. The molecule has 0 fully saturated rings. The molecule has 0 aliphatic heterocycles. The summed E-state index contributed by atoms with van der Waals surface area (Å²) in [6, 6.07) is 6.52. The Morgan fingerprint density at radius 2 is 1.82 bits per heavy atom. The summed E-state index contributed by atoms with van der Waals surface area (Å²) in [4.78, 5) is 0. The van der Waals surface area contributed by atoms with Crippen LogP contribution in [0.5, 0.6) is 11.5 Å². The van der Waals surface area contributed by atoms with Crippen LogP contribution in [0.25, 0.3) is 10.8 Å². The minimum atomic E-state index is -0.332. The summed E-state index contributed by atoms with van der Waals surface area (Å²) in [5, 5.41) is 1.09. The molecule has 0 aliphatic rings. The van der Waals surface area contributed by atoms with E-state index in [1.54, 1.807) is 19.2 Å². The maximum absolute atomic E-state index is 13.8. The quantitative estimate of drug-likeness (QED) is 0.888. The molecule has 0 unspecified atom stereocenters. The number of fused-ring (bicyclic) bond motifs is 1. The molecule has 2 aromatic carbocycles. The van der Waals surface area contributed by atoms with Gasteiger partial charge in [-0.05, 0) is 29.8 Å². The molecule has 2 N–H and O–H groups in total. The van der Waals surface area contributed by atoms with Crippen LogP contribution in [0.2, 0.25) is 0 Å². The first-order valence-corrected chi connectivity index (χ1v) is 5.24. The number of benzene rings is 2. The second-order valence-electron chi connectivity index (χ2n) is 3.67. The Hall–Kier alpha value is -1.81. The Kier molecular flexibility index (Phi) is 3.15. The first-order chi connectivity index (χ1) is 8.21. The second kappa shape index (κ2) is 4.59. The molecule has 17 heavy (non-hydrogen) atoms. The summed E-state index contributed by atoms with van der Waals surface area (Å²) >= 11 is 0. The fourth-order valence-electron chi connectivity index (χ4n) is 1.89. The van der Waals surface area contributed by atoms with E-state index >= 15 is 0 Å². The van der Waals surface area contributed by atoms with Crippen LogP contribution in [0.3, 0.4) is 0 Å². The Bertz CT molecular complexity index is 555. The predicted molar refractivity (Wildman–Crippen MR) is 64.9 cm³/mol. The van der Waals surface area contributed by atoms with Gasteiger partial charge in [-0.3, -0.25) is 0 Å². The van der Waals surface area contributed by atoms with Crippen molar-refractivity contribution in [3.05, 3.63) is 35.6 Å². The van der Waals surface area contributed by atoms with Crippen molar-refractivity contribution in [3.63, 3.8) is 0 Å². The zero-order valence-electron chi connectivity index (χ0n) is 9.79. The molecule has 90 valence electrons. The molecule has 0 saturated heterocycles. The molecule has 0 spiro atoms. The van der Waals surface area contributed by atoms with Crippen molar-refractivity contribution in [1.82, 2.24) is 0 Å². The molecular weight excluding hydrogens is 221 g/mol. The van der Waals surface area contributed by atoms with Crippen LogP contribution in [0.1, 0.15) is 5.56 Å². The predicted octanol–water partition coefficient (Wildman–Crippen LogP) is 2.45. The highest BCUT2D eigenvalue weighted by molar-refractivity contribution is 5.94. The van der Waals surface area contributed by atoms with Gasteiger partial charge >= 0.3 is 0 Å². The number of rotatable bonds is 3. The smallest absolute Gasteiger partial charge is 0.135 e. The maximum Gasteiger partial charge on any atom is 0.135 e. The van der Waals surface area contributed by atoms with Gasteiger partial charge in [0.1, 0.15) is 17.3 Å². The molecule has 3 nitrogen and oxygen atoms in total. The van der Waals surface area contributed by atoms with E-state index in [1.807, 2.05) is 6.07 Å². The fourth-order valence-corrected chi connectivity index (χ4v) is 1.89. The third kappa shape index (κ3) is 1.91. The molecule has 0 amide bonds. The molecule has 0 atom stereocenters. The molecule has 0 saturated carbocycles. The van der Waals surface area contributed by atoms with E-state index in [9.17, 15) is 4.39 Å². The molecule has 0 aliphatic carbocycles. The van der Waals surface area contributed by atoms with Crippen LogP contribution in [0.15, 0.2) is 24.3 Å². The monoisotopic (exact) mass is 235 g/mol. The van der Waals surface area contributed by atoms with E-state index in [0.717, 1.165) is 5.56 Å². The van der Waals surface area contributed by atoms with Crippen molar-refractivity contribution in [3.8, 4) is 11.5 Å². The van der Waals surface area contributed by atoms with Gasteiger partial charge in [-0.2, -0.15) is 0 Å². The van der Waals surface area contributed by atoms with Crippen LogP contribution in [-0.4, -0.2) is 14.2 Å². The Morgan fingerprint density at radius 3 is 2.41 bits per heavy atom. The number of methoxy groups -OCH3 is 2. The lowest BCUT2D eigenvalue weighted by Gasteiger charge is -2.12. The first-order valence-electron chi connectivity index (χ1n) is 5.24. The van der Waals surface area contributed by atoms with Crippen molar-refractivity contribution in [2.24, 2.45) is 5.73 Å². The third-order valence-electron chi connectivity index (χ3n) is 2.72. The first kappa shape index (κ1) is 11.7. The minimum Gasteiger partial charge on any atom is -0.496 e. The van der Waals surface area contributed by atoms with Crippen LogP contribution in [0, 0.1) is 5.82 Å². The molecular formula is C13H14FNO2. The summed E-state index contributed by atoms with van der Waals surface area (Å²) in [7, 11) is 3.06. The lowest BCUT2D eigenvalue weighted by Crippen LogP contribution is -1.99. The number of ether oxygens (including phenoxy) is 2. The van der Waals surface area contributed by atoms with Gasteiger partial charge in [-0.25, -0.2) is 4.39 Å². The molecule has 0 heterocycles. The van der Waals surface area contributed by atoms with Crippen LogP contribution in [-0.2, 0) is 6.54 Å². The Balaban J connectivity index is 2.86. The van der Waals surface area contributed by atoms with Gasteiger partial charge in [-0.15, -0.1) is 0 Å². The molecule has 0 aromatic heterocycles. The highest BCUT2D eigenvalue weighted by Crippen LogP contribution is 2.35. The number of halogens is 1. The highest BCUT2D eigenvalue weighted by Gasteiger charge is 2.12. The highest BCUT2D eigenvalue weighted by atomic mass is 19.1. The largest absolute Gasteiger partial charge is 0.496 e. The van der Waals surface area contributed by atoms with Crippen LogP contribution >= 0.6 is 0 Å². The Labute approximate surface area is 98.9 Å². The van der Waals surface area contributed by atoms with E-state index in [-0.39, 0.29) is 5.82 Å². The normalized spacial score (nSPS) is 10.6. The average molecular weight is 235 g/mol. The molecule has 4 heteroatoms. The topological polar surface area (TPSA) is 44.5 Å². The van der Waals surface area contributed by atoms with Gasteiger partial charge in [0.25, 0.3) is 0 Å². The maximum atomic E-state index is 13.8. The van der Waals surface area contributed by atoms with E-state index in [0.29, 0.717) is 28.8 Å². The van der Waals surface area contributed by atoms with Crippen LogP contribution < -0.4 is 15.2 Å². The molecule has 2 aromatic rings. The third-order valence-corrected chi connectivity index (χ3v) is 2.72. The van der Waals surface area contributed by atoms with Gasteiger partial charge in [0.05, 0.1) is 19.6 Å². The standard InChI is InChI=1S/C13H14FNO2/c1-16-11-4-3-10(14)13-9(11)5-8(7-15)6-12(13)17-2/h3-6H,7,15H2,1-2H3. The summed E-state index contributed by atoms with van der Waals surface area (Å²) in [6.07, 6.45) is 0. The van der Waals surface area contributed by atoms with Gasteiger partial charge in [0.2, 0.25) is 0 Å². The van der Waals surface area contributed by atoms with Crippen molar-refractivity contribution in [2.45, 2.75) is 6.54 Å². The lowest BCUT2D eigenvalue weighted by molar-refractivity contribution is 0.412. The van der Waals surface area contributed by atoms with Gasteiger partial charge < -0.3 is 15.2 Å². The van der Waals surface area contributed by atoms with Gasteiger partial charge in [0.15, 0.2) is 0 Å². The summed E-state index contributed by atoms with van der Waals surface area (Å²) < 4.78 is 24.2. The second-order valence-corrected chi connectivity index (χ2v) is 3.67. The average Bonchev–Trinajstić information content (AvgIpc) is 2.37. The van der Waals surface area contributed by atoms with Crippen LogP contribution in [0.4, 0.5) is 4.39 Å².